The lowest BCUT2D eigenvalue weighted by molar-refractivity contribution is -0.128. The molecule has 1 heterocycles. The number of hydrogen-bond acceptors (Lipinski definition) is 4. The van der Waals surface area contributed by atoms with Crippen LogP contribution in [0, 0.1) is 14.9 Å². The highest BCUT2D eigenvalue weighted by molar-refractivity contribution is 14.1. The van der Waals surface area contributed by atoms with Crippen molar-refractivity contribution in [1.29, 1.82) is 5.26 Å². The summed E-state index contributed by atoms with van der Waals surface area (Å²) in [7, 11) is 3.87. The van der Waals surface area contributed by atoms with Crippen LogP contribution in [-0.4, -0.2) is 48.9 Å². The van der Waals surface area contributed by atoms with Gasteiger partial charge in [-0.05, 0) is 79.8 Å². The lowest BCUT2D eigenvalue weighted by Gasteiger charge is -2.34. The zero-order chi connectivity index (χ0) is 16.8. The van der Waals surface area contributed by atoms with Crippen LogP contribution < -0.4 is 5.32 Å². The number of nitriles is 1. The molecule has 1 amide bonds. The van der Waals surface area contributed by atoms with Gasteiger partial charge in [-0.2, -0.15) is 5.26 Å². The van der Waals surface area contributed by atoms with Gasteiger partial charge in [0.05, 0.1) is 0 Å². The first-order valence-electron chi connectivity index (χ1n) is 7.59. The Bertz CT molecular complexity index is 612. The number of rotatable bonds is 4. The van der Waals surface area contributed by atoms with E-state index in [9.17, 15) is 10.1 Å². The summed E-state index contributed by atoms with van der Waals surface area (Å²) in [5.74, 6) is -0.222. The molecule has 0 aliphatic carbocycles. The van der Waals surface area contributed by atoms with Gasteiger partial charge in [0.15, 0.2) is 0 Å². The van der Waals surface area contributed by atoms with Gasteiger partial charge in [0.25, 0.3) is 5.91 Å². The van der Waals surface area contributed by atoms with Crippen LogP contribution in [0.15, 0.2) is 36.0 Å². The van der Waals surface area contributed by atoms with E-state index in [-0.39, 0.29) is 17.5 Å². The third kappa shape index (κ3) is 4.94. The van der Waals surface area contributed by atoms with Crippen molar-refractivity contribution in [3.05, 3.63) is 39.6 Å². The number of piperidine rings is 1. The second-order valence-electron chi connectivity index (χ2n) is 5.77. The molecule has 1 saturated heterocycles. The molecule has 0 atom stereocenters. The van der Waals surface area contributed by atoms with Crippen molar-refractivity contribution in [1.82, 2.24) is 9.80 Å². The predicted octanol–water partition coefficient (Wildman–Crippen LogP) is 2.66. The molecule has 1 N–H and O–H groups in total. The van der Waals surface area contributed by atoms with Gasteiger partial charge in [0.2, 0.25) is 0 Å². The second kappa shape index (κ2) is 8.31. The van der Waals surface area contributed by atoms with Crippen LogP contribution >= 0.6 is 22.6 Å². The van der Waals surface area contributed by atoms with Crippen LogP contribution in [0.3, 0.4) is 0 Å². The molecular weight excluding hydrogens is 403 g/mol. The Morgan fingerprint density at radius 2 is 2.00 bits per heavy atom. The highest BCUT2D eigenvalue weighted by Gasteiger charge is 2.25. The maximum Gasteiger partial charge on any atom is 0.266 e. The van der Waals surface area contributed by atoms with E-state index in [1.165, 1.54) is 6.20 Å². The Morgan fingerprint density at radius 3 is 2.57 bits per heavy atom. The third-order valence-corrected chi connectivity index (χ3v) is 4.85. The molecule has 23 heavy (non-hydrogen) atoms. The lowest BCUT2D eigenvalue weighted by Crippen LogP contribution is -2.44. The van der Waals surface area contributed by atoms with Gasteiger partial charge in [0, 0.05) is 28.5 Å². The van der Waals surface area contributed by atoms with Gasteiger partial charge in [-0.3, -0.25) is 4.79 Å². The number of likely N-dealkylation sites (N-methyl/N-ethyl adjacent to an activating group) is 1. The average molecular weight is 424 g/mol. The maximum absolute atomic E-state index is 12.5. The minimum absolute atomic E-state index is 0.130. The molecular formula is C17H21IN4O. The molecule has 1 aromatic carbocycles. The summed E-state index contributed by atoms with van der Waals surface area (Å²) in [5, 5.41) is 12.3. The number of likely N-dealkylation sites (tertiary alicyclic amines) is 1. The van der Waals surface area contributed by atoms with Crippen LogP contribution in [0.1, 0.15) is 12.8 Å². The maximum atomic E-state index is 12.5. The van der Waals surface area contributed by atoms with Crippen molar-refractivity contribution < 1.29 is 4.79 Å². The molecule has 1 aliphatic rings. The molecule has 6 heteroatoms. The average Bonchev–Trinajstić information content (AvgIpc) is 2.57. The summed E-state index contributed by atoms with van der Waals surface area (Å²) in [6.07, 6.45) is 3.39. The lowest BCUT2D eigenvalue weighted by atomic mass is 10.0. The van der Waals surface area contributed by atoms with Crippen molar-refractivity contribution in [2.45, 2.75) is 18.9 Å². The zero-order valence-electron chi connectivity index (χ0n) is 13.4. The Hall–Kier alpha value is -1.59. The van der Waals surface area contributed by atoms with Crippen molar-refractivity contribution in [2.75, 3.05) is 32.5 Å². The number of carbonyl (C=O) groups is 1. The van der Waals surface area contributed by atoms with E-state index in [1.54, 1.807) is 11.9 Å². The van der Waals surface area contributed by atoms with Crippen LogP contribution in [0.5, 0.6) is 0 Å². The topological polar surface area (TPSA) is 59.4 Å². The van der Waals surface area contributed by atoms with E-state index < -0.39 is 0 Å². The molecule has 0 aromatic heterocycles. The minimum Gasteiger partial charge on any atom is -0.360 e. The third-order valence-electron chi connectivity index (χ3n) is 4.13. The highest BCUT2D eigenvalue weighted by Crippen LogP contribution is 2.17. The molecule has 2 rings (SSSR count). The fraction of sp³-hybridized carbons (Fsp3) is 0.412. The van der Waals surface area contributed by atoms with Crippen molar-refractivity contribution >= 4 is 34.2 Å². The van der Waals surface area contributed by atoms with Crippen LogP contribution in [-0.2, 0) is 4.79 Å². The first-order chi connectivity index (χ1) is 11.0. The normalized spacial score (nSPS) is 16.7. The first-order valence-corrected chi connectivity index (χ1v) is 8.67. The number of nitrogens with one attached hydrogen (secondary N) is 1. The molecule has 1 aromatic rings. The SMILES string of the molecule is CN1CCC(N(C)C(=O)/C(C#N)=C\Nc2ccc(I)cc2)CC1. The molecule has 5 nitrogen and oxygen atoms in total. The van der Waals surface area contributed by atoms with Crippen LogP contribution in [0.25, 0.3) is 0 Å². The van der Waals surface area contributed by atoms with E-state index in [0.29, 0.717) is 0 Å². The fourth-order valence-electron chi connectivity index (χ4n) is 2.58. The minimum atomic E-state index is -0.222. The van der Waals surface area contributed by atoms with Crippen LogP contribution in [0.4, 0.5) is 5.69 Å². The van der Waals surface area contributed by atoms with E-state index in [0.717, 1.165) is 35.2 Å². The number of hydrogen-bond donors (Lipinski definition) is 1. The van der Waals surface area contributed by atoms with Crippen molar-refractivity contribution in [3.63, 3.8) is 0 Å². The van der Waals surface area contributed by atoms with Crippen molar-refractivity contribution in [2.24, 2.45) is 0 Å². The van der Waals surface area contributed by atoms with E-state index in [2.05, 4.69) is 39.9 Å². The molecule has 122 valence electrons. The molecule has 0 unspecified atom stereocenters. The van der Waals surface area contributed by atoms with Gasteiger partial charge >= 0.3 is 0 Å². The molecule has 1 aliphatic heterocycles. The number of carbonyl (C=O) groups excluding carboxylic acids is 1. The number of nitrogens with zero attached hydrogens (tertiary/aromatic N) is 3. The Labute approximate surface area is 151 Å². The molecule has 0 radical (unpaired) electrons. The number of benzene rings is 1. The quantitative estimate of drug-likeness (QED) is 0.459. The fourth-order valence-corrected chi connectivity index (χ4v) is 2.94. The summed E-state index contributed by atoms with van der Waals surface area (Å²) in [6.45, 7) is 1.96. The van der Waals surface area contributed by atoms with E-state index in [1.807, 2.05) is 30.3 Å². The summed E-state index contributed by atoms with van der Waals surface area (Å²) >= 11 is 2.23. The predicted molar refractivity (Wildman–Crippen MR) is 99.8 cm³/mol. The van der Waals surface area contributed by atoms with Gasteiger partial charge in [-0.1, -0.05) is 0 Å². The van der Waals surface area contributed by atoms with E-state index in [4.69, 9.17) is 0 Å². The molecule has 1 fully saturated rings. The molecule has 0 bridgehead atoms. The Balaban J connectivity index is 2.01. The van der Waals surface area contributed by atoms with Gasteiger partial charge < -0.3 is 15.1 Å². The summed E-state index contributed by atoms with van der Waals surface area (Å²) in [5.41, 5.74) is 0.984. The summed E-state index contributed by atoms with van der Waals surface area (Å²) in [6, 6.07) is 9.98. The second-order valence-corrected chi connectivity index (χ2v) is 7.02. The monoisotopic (exact) mass is 424 g/mol. The molecule has 0 saturated carbocycles. The zero-order valence-corrected chi connectivity index (χ0v) is 15.6. The number of halogens is 1. The summed E-state index contributed by atoms with van der Waals surface area (Å²) < 4.78 is 1.13. The molecule has 0 spiro atoms. The van der Waals surface area contributed by atoms with Gasteiger partial charge in [0.1, 0.15) is 11.6 Å². The largest absolute Gasteiger partial charge is 0.360 e. The first kappa shape index (κ1) is 17.8. The number of amides is 1. The van der Waals surface area contributed by atoms with Crippen LogP contribution in [0.2, 0.25) is 0 Å². The summed E-state index contributed by atoms with van der Waals surface area (Å²) in [4.78, 5) is 16.5. The standard InChI is InChI=1S/C17H21IN4O/c1-21-9-7-16(8-10-21)22(2)17(23)13(11-19)12-20-15-5-3-14(18)4-6-15/h3-6,12,16,20H,7-10H2,1-2H3/b13-12-. The van der Waals surface area contributed by atoms with Gasteiger partial charge in [-0.25, -0.2) is 0 Å². The van der Waals surface area contributed by atoms with Crippen molar-refractivity contribution in [3.8, 4) is 6.07 Å². The van der Waals surface area contributed by atoms with E-state index >= 15 is 0 Å². The highest BCUT2D eigenvalue weighted by atomic mass is 127. The Morgan fingerprint density at radius 1 is 1.39 bits per heavy atom. The Kier molecular flexibility index (Phi) is 6.42. The number of anilines is 1. The van der Waals surface area contributed by atoms with Gasteiger partial charge in [-0.15, -0.1) is 0 Å². The smallest absolute Gasteiger partial charge is 0.266 e.